The van der Waals surface area contributed by atoms with Crippen molar-refractivity contribution in [2.45, 2.75) is 26.7 Å². The fraction of sp³-hybridized carbons (Fsp3) is 0.444. The van der Waals surface area contributed by atoms with E-state index in [9.17, 15) is 14.9 Å². The van der Waals surface area contributed by atoms with Crippen LogP contribution in [0.1, 0.15) is 31.0 Å². The molecule has 0 saturated carbocycles. The van der Waals surface area contributed by atoms with Crippen molar-refractivity contribution in [2.75, 3.05) is 0 Å². The summed E-state index contributed by atoms with van der Waals surface area (Å²) in [5.74, 6) is 0.0213. The summed E-state index contributed by atoms with van der Waals surface area (Å²) in [5, 5.41) is 10.6. The molecule has 1 aromatic heterocycles. The predicted octanol–water partition coefficient (Wildman–Crippen LogP) is 2.37. The lowest BCUT2D eigenvalue weighted by atomic mass is 10.0. The van der Waals surface area contributed by atoms with Crippen LogP contribution in [0.3, 0.4) is 0 Å². The van der Waals surface area contributed by atoms with E-state index < -0.39 is 16.2 Å². The molecule has 5 nitrogen and oxygen atoms in total. The first kappa shape index (κ1) is 11.7. The largest absolute Gasteiger partial charge is 0.352 e. The lowest BCUT2D eigenvalue weighted by Gasteiger charge is -2.10. The first-order valence-corrected chi connectivity index (χ1v) is 4.80. The third-order valence-electron chi connectivity index (χ3n) is 2.12. The molecular weight excluding hydrogens is 220 g/mol. The second-order valence-corrected chi connectivity index (χ2v) is 3.95. The van der Waals surface area contributed by atoms with E-state index in [-0.39, 0.29) is 10.9 Å². The second-order valence-electron chi connectivity index (χ2n) is 3.57. The average molecular weight is 231 g/mol. The van der Waals surface area contributed by atoms with Gasteiger partial charge < -0.3 is 4.98 Å². The van der Waals surface area contributed by atoms with Gasteiger partial charge in [0.05, 0.1) is 4.92 Å². The summed E-state index contributed by atoms with van der Waals surface area (Å²) >= 11 is 5.85. The van der Waals surface area contributed by atoms with E-state index >= 15 is 0 Å². The van der Waals surface area contributed by atoms with Crippen molar-refractivity contribution in [2.24, 2.45) is 0 Å². The molecular formula is C9H11ClN2O3. The quantitative estimate of drug-likeness (QED) is 0.626. The molecule has 15 heavy (non-hydrogen) atoms. The maximum atomic E-state index is 11.3. The van der Waals surface area contributed by atoms with E-state index in [1.807, 2.05) is 13.8 Å². The van der Waals surface area contributed by atoms with Crippen LogP contribution in [0.4, 0.5) is 5.69 Å². The van der Waals surface area contributed by atoms with E-state index in [1.54, 1.807) is 6.92 Å². The van der Waals surface area contributed by atoms with E-state index in [0.717, 1.165) is 0 Å². The molecule has 1 aromatic rings. The van der Waals surface area contributed by atoms with Crippen LogP contribution in [0.15, 0.2) is 4.79 Å². The molecule has 0 aliphatic rings. The Bertz CT molecular complexity index is 465. The summed E-state index contributed by atoms with van der Waals surface area (Å²) in [7, 11) is 0. The molecule has 0 atom stereocenters. The Labute approximate surface area is 91.2 Å². The first-order valence-electron chi connectivity index (χ1n) is 4.43. The normalized spacial score (nSPS) is 10.7. The van der Waals surface area contributed by atoms with E-state index in [1.165, 1.54) is 0 Å². The molecule has 0 bridgehead atoms. The zero-order chi connectivity index (χ0) is 11.7. The molecule has 6 heteroatoms. The van der Waals surface area contributed by atoms with Gasteiger partial charge in [0.2, 0.25) is 0 Å². The molecule has 0 fully saturated rings. The standard InChI is InChI=1S/C9H11ClN2O3/c1-4(2)6-5(3)11-9(13)8(7(6)10)12(14)15/h4H,1-3H3,(H,11,13). The van der Waals surface area contributed by atoms with Gasteiger partial charge in [0.1, 0.15) is 5.02 Å². The topological polar surface area (TPSA) is 76.0 Å². The van der Waals surface area contributed by atoms with Crippen molar-refractivity contribution >= 4 is 17.3 Å². The fourth-order valence-corrected chi connectivity index (χ4v) is 2.05. The van der Waals surface area contributed by atoms with Crippen molar-refractivity contribution in [3.63, 3.8) is 0 Å². The highest BCUT2D eigenvalue weighted by Crippen LogP contribution is 2.31. The van der Waals surface area contributed by atoms with Crippen LogP contribution in [-0.4, -0.2) is 9.91 Å². The van der Waals surface area contributed by atoms with Gasteiger partial charge in [0, 0.05) is 5.69 Å². The number of halogens is 1. The summed E-state index contributed by atoms with van der Waals surface area (Å²) in [5.41, 5.74) is -0.147. The van der Waals surface area contributed by atoms with Crippen LogP contribution >= 0.6 is 11.6 Å². The van der Waals surface area contributed by atoms with Gasteiger partial charge in [0.15, 0.2) is 0 Å². The number of nitro groups is 1. The summed E-state index contributed by atoms with van der Waals surface area (Å²) in [6.07, 6.45) is 0. The molecule has 0 aliphatic heterocycles. The third kappa shape index (κ3) is 2.02. The van der Waals surface area contributed by atoms with Crippen LogP contribution in [0.2, 0.25) is 5.02 Å². The van der Waals surface area contributed by atoms with Crippen LogP contribution < -0.4 is 5.56 Å². The smallest absolute Gasteiger partial charge is 0.320 e. The van der Waals surface area contributed by atoms with Gasteiger partial charge in [-0.2, -0.15) is 0 Å². The average Bonchev–Trinajstić information content (AvgIpc) is 1.99. The molecule has 82 valence electrons. The van der Waals surface area contributed by atoms with Crippen LogP contribution in [0.25, 0.3) is 0 Å². The molecule has 1 heterocycles. The van der Waals surface area contributed by atoms with Crippen LogP contribution in [-0.2, 0) is 0 Å². The minimum Gasteiger partial charge on any atom is -0.320 e. The van der Waals surface area contributed by atoms with Crippen LogP contribution in [0, 0.1) is 17.0 Å². The monoisotopic (exact) mass is 230 g/mol. The summed E-state index contributed by atoms with van der Waals surface area (Å²) in [4.78, 5) is 23.6. The Hall–Kier alpha value is -1.36. The molecule has 0 spiro atoms. The van der Waals surface area contributed by atoms with Gasteiger partial charge in [-0.05, 0) is 18.4 Å². The van der Waals surface area contributed by atoms with E-state index in [2.05, 4.69) is 4.98 Å². The first-order chi connectivity index (χ1) is 6.86. The lowest BCUT2D eigenvalue weighted by molar-refractivity contribution is -0.386. The predicted molar refractivity (Wildman–Crippen MR) is 57.6 cm³/mol. The number of H-pyrrole nitrogens is 1. The van der Waals surface area contributed by atoms with Gasteiger partial charge in [-0.1, -0.05) is 25.4 Å². The number of aromatic nitrogens is 1. The minimum atomic E-state index is -0.757. The van der Waals surface area contributed by atoms with Crippen molar-refractivity contribution in [3.05, 3.63) is 36.7 Å². The zero-order valence-electron chi connectivity index (χ0n) is 8.63. The Kier molecular flexibility index (Phi) is 3.14. The molecule has 1 N–H and O–H groups in total. The molecule has 0 radical (unpaired) electrons. The fourth-order valence-electron chi connectivity index (χ4n) is 1.54. The summed E-state index contributed by atoms with van der Waals surface area (Å²) in [6, 6.07) is 0. The molecule has 1 rings (SSSR count). The van der Waals surface area contributed by atoms with Gasteiger partial charge in [-0.3, -0.25) is 14.9 Å². The maximum absolute atomic E-state index is 11.3. The van der Waals surface area contributed by atoms with Crippen molar-refractivity contribution in [1.82, 2.24) is 4.98 Å². The highest BCUT2D eigenvalue weighted by molar-refractivity contribution is 6.33. The number of nitrogens with one attached hydrogen (secondary N) is 1. The highest BCUT2D eigenvalue weighted by atomic mass is 35.5. The molecule has 0 aromatic carbocycles. The lowest BCUT2D eigenvalue weighted by Crippen LogP contribution is -2.16. The Morgan fingerprint density at radius 2 is 2.00 bits per heavy atom. The highest BCUT2D eigenvalue weighted by Gasteiger charge is 2.24. The summed E-state index contributed by atoms with van der Waals surface area (Å²) in [6.45, 7) is 5.39. The molecule has 0 saturated heterocycles. The van der Waals surface area contributed by atoms with Gasteiger partial charge >= 0.3 is 11.2 Å². The number of aryl methyl sites for hydroxylation is 1. The van der Waals surface area contributed by atoms with Gasteiger partial charge in [-0.15, -0.1) is 0 Å². The van der Waals surface area contributed by atoms with Gasteiger partial charge in [-0.25, -0.2) is 0 Å². The number of aromatic amines is 1. The van der Waals surface area contributed by atoms with Gasteiger partial charge in [0.25, 0.3) is 0 Å². The minimum absolute atomic E-state index is 0.0213. The Morgan fingerprint density at radius 1 is 1.47 bits per heavy atom. The number of nitrogens with zero attached hydrogens (tertiary/aromatic N) is 1. The Balaban J connectivity index is 3.64. The number of pyridine rings is 1. The van der Waals surface area contributed by atoms with E-state index in [0.29, 0.717) is 11.3 Å². The molecule has 0 unspecified atom stereocenters. The Morgan fingerprint density at radius 3 is 2.40 bits per heavy atom. The number of rotatable bonds is 2. The summed E-state index contributed by atoms with van der Waals surface area (Å²) < 4.78 is 0. The molecule has 0 amide bonds. The van der Waals surface area contributed by atoms with Crippen LogP contribution in [0.5, 0.6) is 0 Å². The molecule has 0 aliphatic carbocycles. The van der Waals surface area contributed by atoms with Crippen molar-refractivity contribution in [1.29, 1.82) is 0 Å². The van der Waals surface area contributed by atoms with Crippen molar-refractivity contribution < 1.29 is 4.92 Å². The van der Waals surface area contributed by atoms with Crippen molar-refractivity contribution in [3.8, 4) is 0 Å². The SMILES string of the molecule is Cc1[nH]c(=O)c([N+](=O)[O-])c(Cl)c1C(C)C. The zero-order valence-corrected chi connectivity index (χ0v) is 9.38. The second kappa shape index (κ2) is 4.02. The third-order valence-corrected chi connectivity index (χ3v) is 2.51. The number of hydrogen-bond acceptors (Lipinski definition) is 3. The number of hydrogen-bond donors (Lipinski definition) is 1. The maximum Gasteiger partial charge on any atom is 0.352 e. The van der Waals surface area contributed by atoms with E-state index in [4.69, 9.17) is 11.6 Å².